The standard InChI is InChI=1S/C12H15N5O/c1-17-5-8-9(15-6-16-11(8)13)10(17)12(18)14-4-7-2-3-7/h5-7H,2-4H2,1H3,(H,14,18)(H2,13,15,16). The highest BCUT2D eigenvalue weighted by Gasteiger charge is 2.24. The maximum absolute atomic E-state index is 12.2. The molecule has 2 aromatic heterocycles. The van der Waals surface area contributed by atoms with Crippen LogP contribution in [0, 0.1) is 5.92 Å². The number of anilines is 1. The Morgan fingerprint density at radius 1 is 1.56 bits per heavy atom. The van der Waals surface area contributed by atoms with E-state index in [1.165, 1.54) is 19.2 Å². The molecule has 2 heterocycles. The number of amides is 1. The van der Waals surface area contributed by atoms with Crippen LogP contribution >= 0.6 is 0 Å². The van der Waals surface area contributed by atoms with Crippen LogP contribution in [0.5, 0.6) is 0 Å². The number of carbonyl (C=O) groups is 1. The van der Waals surface area contributed by atoms with Crippen LogP contribution in [-0.2, 0) is 7.05 Å². The normalized spacial score (nSPS) is 14.9. The molecule has 1 aliphatic rings. The molecule has 1 amide bonds. The number of nitrogens with one attached hydrogen (secondary N) is 1. The van der Waals surface area contributed by atoms with Crippen molar-refractivity contribution in [2.45, 2.75) is 12.8 Å². The SMILES string of the molecule is Cn1cc2c(N)ncnc2c1C(=O)NCC1CC1. The van der Waals surface area contributed by atoms with Crippen molar-refractivity contribution in [3.8, 4) is 0 Å². The summed E-state index contributed by atoms with van der Waals surface area (Å²) in [5.41, 5.74) is 6.93. The fourth-order valence-corrected chi connectivity index (χ4v) is 2.06. The van der Waals surface area contributed by atoms with Crippen LogP contribution in [0.2, 0.25) is 0 Å². The first-order valence-electron chi connectivity index (χ1n) is 6.00. The number of nitrogens with zero attached hydrogens (tertiary/aromatic N) is 3. The lowest BCUT2D eigenvalue weighted by molar-refractivity contribution is 0.0945. The van der Waals surface area contributed by atoms with Gasteiger partial charge in [-0.25, -0.2) is 9.97 Å². The molecule has 6 heteroatoms. The third-order valence-electron chi connectivity index (χ3n) is 3.28. The smallest absolute Gasteiger partial charge is 0.270 e. The molecule has 94 valence electrons. The van der Waals surface area contributed by atoms with E-state index < -0.39 is 0 Å². The van der Waals surface area contributed by atoms with Crippen molar-refractivity contribution < 1.29 is 4.79 Å². The molecule has 1 saturated carbocycles. The van der Waals surface area contributed by atoms with Gasteiger partial charge in [0, 0.05) is 19.8 Å². The van der Waals surface area contributed by atoms with Crippen LogP contribution in [0.3, 0.4) is 0 Å². The van der Waals surface area contributed by atoms with Gasteiger partial charge in [0.15, 0.2) is 0 Å². The molecule has 0 radical (unpaired) electrons. The van der Waals surface area contributed by atoms with E-state index in [0.717, 1.165) is 11.9 Å². The van der Waals surface area contributed by atoms with Crippen LogP contribution in [0.15, 0.2) is 12.5 Å². The molecule has 0 saturated heterocycles. The lowest BCUT2D eigenvalue weighted by Gasteiger charge is -2.05. The van der Waals surface area contributed by atoms with Crippen LogP contribution in [0.4, 0.5) is 5.82 Å². The van der Waals surface area contributed by atoms with E-state index in [0.29, 0.717) is 22.9 Å². The number of hydrogen-bond acceptors (Lipinski definition) is 4. The van der Waals surface area contributed by atoms with Crippen LogP contribution in [0.25, 0.3) is 10.9 Å². The van der Waals surface area contributed by atoms with E-state index >= 15 is 0 Å². The summed E-state index contributed by atoms with van der Waals surface area (Å²) in [7, 11) is 1.81. The summed E-state index contributed by atoms with van der Waals surface area (Å²) in [6, 6.07) is 0. The fraction of sp³-hybridized carbons (Fsp3) is 0.417. The van der Waals surface area contributed by atoms with E-state index in [1.54, 1.807) is 10.8 Å². The number of nitrogen functional groups attached to an aromatic ring is 1. The summed E-state index contributed by atoms with van der Waals surface area (Å²) in [6.07, 6.45) is 5.60. The molecular formula is C12H15N5O. The van der Waals surface area contributed by atoms with Crippen molar-refractivity contribution in [2.24, 2.45) is 13.0 Å². The molecule has 0 spiro atoms. The van der Waals surface area contributed by atoms with Crippen LogP contribution in [-0.4, -0.2) is 27.0 Å². The number of aromatic nitrogens is 3. The Morgan fingerprint density at radius 3 is 3.06 bits per heavy atom. The Labute approximate surface area is 104 Å². The predicted molar refractivity (Wildman–Crippen MR) is 68.0 cm³/mol. The average molecular weight is 245 g/mol. The first-order valence-corrected chi connectivity index (χ1v) is 6.00. The second-order valence-electron chi connectivity index (χ2n) is 4.76. The third-order valence-corrected chi connectivity index (χ3v) is 3.28. The number of fused-ring (bicyclic) bond motifs is 1. The van der Waals surface area contributed by atoms with Crippen LogP contribution in [0.1, 0.15) is 23.3 Å². The van der Waals surface area contributed by atoms with Gasteiger partial charge in [-0.2, -0.15) is 0 Å². The molecule has 0 aromatic carbocycles. The quantitative estimate of drug-likeness (QED) is 0.833. The summed E-state index contributed by atoms with van der Waals surface area (Å²) in [5.74, 6) is 0.953. The fourth-order valence-electron chi connectivity index (χ4n) is 2.06. The summed E-state index contributed by atoms with van der Waals surface area (Å²) in [5, 5.41) is 3.66. The monoisotopic (exact) mass is 245 g/mol. The number of nitrogens with two attached hydrogens (primary N) is 1. The summed E-state index contributed by atoms with van der Waals surface area (Å²) in [6.45, 7) is 0.742. The number of hydrogen-bond donors (Lipinski definition) is 2. The van der Waals surface area contributed by atoms with Crippen molar-refractivity contribution in [1.82, 2.24) is 19.9 Å². The summed E-state index contributed by atoms with van der Waals surface area (Å²) in [4.78, 5) is 20.2. The second kappa shape index (κ2) is 3.97. The van der Waals surface area contributed by atoms with Gasteiger partial charge in [0.2, 0.25) is 0 Å². The highest BCUT2D eigenvalue weighted by molar-refractivity contribution is 6.06. The minimum absolute atomic E-state index is 0.0995. The molecule has 3 N–H and O–H groups in total. The lowest BCUT2D eigenvalue weighted by Crippen LogP contribution is -2.27. The molecule has 1 fully saturated rings. The number of rotatable bonds is 3. The van der Waals surface area contributed by atoms with E-state index in [1.807, 2.05) is 7.05 Å². The van der Waals surface area contributed by atoms with E-state index in [9.17, 15) is 4.79 Å². The molecule has 3 rings (SSSR count). The van der Waals surface area contributed by atoms with Gasteiger partial charge in [-0.3, -0.25) is 4.79 Å². The third kappa shape index (κ3) is 1.79. The van der Waals surface area contributed by atoms with Crippen molar-refractivity contribution in [2.75, 3.05) is 12.3 Å². The van der Waals surface area contributed by atoms with E-state index in [-0.39, 0.29) is 5.91 Å². The lowest BCUT2D eigenvalue weighted by atomic mass is 10.3. The minimum atomic E-state index is -0.0995. The molecule has 18 heavy (non-hydrogen) atoms. The number of carbonyl (C=O) groups excluding carboxylic acids is 1. The van der Waals surface area contributed by atoms with E-state index in [2.05, 4.69) is 15.3 Å². The van der Waals surface area contributed by atoms with Gasteiger partial charge < -0.3 is 15.6 Å². The highest BCUT2D eigenvalue weighted by atomic mass is 16.1. The van der Waals surface area contributed by atoms with Crippen molar-refractivity contribution in [3.63, 3.8) is 0 Å². The second-order valence-corrected chi connectivity index (χ2v) is 4.76. The maximum Gasteiger partial charge on any atom is 0.270 e. The van der Waals surface area contributed by atoms with Gasteiger partial charge in [-0.05, 0) is 18.8 Å². The minimum Gasteiger partial charge on any atom is -0.383 e. The van der Waals surface area contributed by atoms with Gasteiger partial charge in [0.25, 0.3) is 5.91 Å². The Kier molecular flexibility index (Phi) is 2.43. The van der Waals surface area contributed by atoms with E-state index in [4.69, 9.17) is 5.73 Å². The Hall–Kier alpha value is -2.11. The van der Waals surface area contributed by atoms with Gasteiger partial charge in [0.05, 0.1) is 5.39 Å². The van der Waals surface area contributed by atoms with Crippen molar-refractivity contribution in [1.29, 1.82) is 0 Å². The Bertz CT molecular complexity index is 614. The first kappa shape index (κ1) is 11.0. The zero-order valence-electron chi connectivity index (χ0n) is 10.2. The Balaban J connectivity index is 1.96. The number of aryl methyl sites for hydroxylation is 1. The van der Waals surface area contributed by atoms with Gasteiger partial charge >= 0.3 is 0 Å². The van der Waals surface area contributed by atoms with Crippen molar-refractivity contribution >= 4 is 22.6 Å². The molecule has 0 aliphatic heterocycles. The highest BCUT2D eigenvalue weighted by Crippen LogP contribution is 2.28. The molecule has 0 atom stereocenters. The molecule has 6 nitrogen and oxygen atoms in total. The van der Waals surface area contributed by atoms with Gasteiger partial charge in [0.1, 0.15) is 23.4 Å². The molecular weight excluding hydrogens is 230 g/mol. The predicted octanol–water partition coefficient (Wildman–Crippen LogP) is 0.690. The summed E-state index contributed by atoms with van der Waals surface area (Å²) < 4.78 is 1.75. The maximum atomic E-state index is 12.2. The van der Waals surface area contributed by atoms with Gasteiger partial charge in [-0.1, -0.05) is 0 Å². The Morgan fingerprint density at radius 2 is 2.33 bits per heavy atom. The topological polar surface area (TPSA) is 85.8 Å². The molecule has 1 aliphatic carbocycles. The van der Waals surface area contributed by atoms with Crippen molar-refractivity contribution in [3.05, 3.63) is 18.2 Å². The van der Waals surface area contributed by atoms with Gasteiger partial charge in [-0.15, -0.1) is 0 Å². The largest absolute Gasteiger partial charge is 0.383 e. The molecule has 0 bridgehead atoms. The van der Waals surface area contributed by atoms with Crippen LogP contribution < -0.4 is 11.1 Å². The summed E-state index contributed by atoms with van der Waals surface area (Å²) >= 11 is 0. The molecule has 2 aromatic rings. The zero-order chi connectivity index (χ0) is 12.7. The molecule has 0 unspecified atom stereocenters. The zero-order valence-corrected chi connectivity index (χ0v) is 10.2. The first-order chi connectivity index (χ1) is 8.66. The average Bonchev–Trinajstić information content (AvgIpc) is 3.09.